The van der Waals surface area contributed by atoms with Crippen molar-refractivity contribution in [3.05, 3.63) is 39.6 Å². The maximum atomic E-state index is 12.2. The van der Waals surface area contributed by atoms with Crippen LogP contribution < -0.4 is 16.1 Å². The van der Waals surface area contributed by atoms with Gasteiger partial charge in [-0.1, -0.05) is 17.7 Å². The Morgan fingerprint density at radius 3 is 2.95 bits per heavy atom. The number of carbonyl (C=O) groups excluding carboxylic acids is 1. The number of para-hydroxylation sites is 1. The molecule has 1 aliphatic carbocycles. The van der Waals surface area contributed by atoms with Crippen LogP contribution in [0.2, 0.25) is 5.02 Å². The van der Waals surface area contributed by atoms with Gasteiger partial charge >= 0.3 is 6.03 Å². The molecule has 1 heterocycles. The molecule has 1 fully saturated rings. The lowest BCUT2D eigenvalue weighted by atomic mass is 10.2. The molecule has 0 unspecified atom stereocenters. The topological polar surface area (TPSA) is 74.0 Å². The van der Waals surface area contributed by atoms with E-state index in [0.717, 1.165) is 12.8 Å². The van der Waals surface area contributed by atoms with Crippen LogP contribution in [0.4, 0.5) is 10.5 Å². The van der Waals surface area contributed by atoms with Gasteiger partial charge < -0.3 is 15.6 Å². The fourth-order valence-electron chi connectivity index (χ4n) is 2.03. The van der Waals surface area contributed by atoms with Crippen molar-refractivity contribution in [3.8, 4) is 0 Å². The molecule has 1 aromatic carbocycles. The number of fused-ring (bicyclic) bond motifs is 1. The van der Waals surface area contributed by atoms with Crippen molar-refractivity contribution in [2.24, 2.45) is 5.92 Å². The molecule has 3 rings (SSSR count). The molecule has 20 heavy (non-hydrogen) atoms. The van der Waals surface area contributed by atoms with Crippen LogP contribution in [0.3, 0.4) is 0 Å². The van der Waals surface area contributed by atoms with Crippen molar-refractivity contribution < 1.29 is 4.79 Å². The van der Waals surface area contributed by atoms with Gasteiger partial charge in [0.2, 0.25) is 5.43 Å². The van der Waals surface area contributed by atoms with Gasteiger partial charge in [-0.05, 0) is 30.9 Å². The second-order valence-electron chi connectivity index (χ2n) is 4.97. The molecule has 2 amide bonds. The predicted molar refractivity (Wildman–Crippen MR) is 79.3 cm³/mol. The molecule has 5 nitrogen and oxygen atoms in total. The molecule has 104 valence electrons. The zero-order valence-electron chi connectivity index (χ0n) is 10.7. The van der Waals surface area contributed by atoms with Gasteiger partial charge in [0.15, 0.2) is 0 Å². The molecule has 1 aromatic heterocycles. The van der Waals surface area contributed by atoms with Crippen LogP contribution in [0.5, 0.6) is 0 Å². The number of hydrogen-bond donors (Lipinski definition) is 3. The first-order chi connectivity index (χ1) is 9.65. The molecule has 0 saturated heterocycles. The number of halogens is 1. The average Bonchev–Trinajstić information content (AvgIpc) is 3.25. The first-order valence-corrected chi connectivity index (χ1v) is 6.87. The van der Waals surface area contributed by atoms with Gasteiger partial charge in [0.1, 0.15) is 5.69 Å². The Balaban J connectivity index is 1.82. The number of anilines is 1. The Labute approximate surface area is 120 Å². The molecular formula is C14H14ClN3O2. The second kappa shape index (κ2) is 5.17. The van der Waals surface area contributed by atoms with Gasteiger partial charge in [-0.25, -0.2) is 4.79 Å². The minimum atomic E-state index is -0.358. The van der Waals surface area contributed by atoms with Crippen molar-refractivity contribution in [2.45, 2.75) is 12.8 Å². The standard InChI is InChI=1S/C14H14ClN3O2/c15-10-3-1-2-9-12(10)16-7-11(13(9)19)18-14(20)17-6-8-4-5-8/h1-3,7-8H,4-6H2,(H,16,19)(H2,17,18,20). The number of urea groups is 1. The Hall–Kier alpha value is -2.01. The van der Waals surface area contributed by atoms with Crippen molar-refractivity contribution in [3.63, 3.8) is 0 Å². The highest BCUT2D eigenvalue weighted by Crippen LogP contribution is 2.27. The Morgan fingerprint density at radius 2 is 2.20 bits per heavy atom. The van der Waals surface area contributed by atoms with E-state index < -0.39 is 0 Å². The molecule has 0 atom stereocenters. The number of amides is 2. The highest BCUT2D eigenvalue weighted by Gasteiger charge is 2.21. The summed E-state index contributed by atoms with van der Waals surface area (Å²) in [6.45, 7) is 0.656. The number of hydrogen-bond acceptors (Lipinski definition) is 2. The van der Waals surface area contributed by atoms with Crippen molar-refractivity contribution >= 4 is 34.2 Å². The SMILES string of the molecule is O=C(NCC1CC1)Nc1c[nH]c2c(Cl)cccc2c1=O. The lowest BCUT2D eigenvalue weighted by Gasteiger charge is -2.08. The summed E-state index contributed by atoms with van der Waals surface area (Å²) in [5, 5.41) is 6.25. The van der Waals surface area contributed by atoms with Gasteiger partial charge in [-0.3, -0.25) is 4.79 Å². The van der Waals surface area contributed by atoms with Crippen LogP contribution >= 0.6 is 11.6 Å². The van der Waals surface area contributed by atoms with Gasteiger partial charge in [0.05, 0.1) is 10.5 Å². The van der Waals surface area contributed by atoms with E-state index in [1.165, 1.54) is 6.20 Å². The molecule has 6 heteroatoms. The Bertz CT molecular complexity index is 722. The second-order valence-corrected chi connectivity index (χ2v) is 5.38. The summed E-state index contributed by atoms with van der Waals surface area (Å²) >= 11 is 6.01. The maximum Gasteiger partial charge on any atom is 0.319 e. The summed E-state index contributed by atoms with van der Waals surface area (Å²) in [4.78, 5) is 26.9. The fraction of sp³-hybridized carbons (Fsp3) is 0.286. The highest BCUT2D eigenvalue weighted by atomic mass is 35.5. The number of aromatic amines is 1. The third-order valence-electron chi connectivity index (χ3n) is 3.36. The minimum absolute atomic E-state index is 0.216. The molecule has 0 spiro atoms. The van der Waals surface area contributed by atoms with Gasteiger partial charge in [0, 0.05) is 18.1 Å². The lowest BCUT2D eigenvalue weighted by Crippen LogP contribution is -2.32. The number of aromatic nitrogens is 1. The van der Waals surface area contributed by atoms with E-state index in [1.54, 1.807) is 18.2 Å². The first-order valence-electron chi connectivity index (χ1n) is 6.50. The van der Waals surface area contributed by atoms with E-state index in [2.05, 4.69) is 15.6 Å². The first kappa shape index (κ1) is 13.0. The minimum Gasteiger partial charge on any atom is -0.358 e. The summed E-state index contributed by atoms with van der Waals surface area (Å²) in [7, 11) is 0. The molecule has 1 saturated carbocycles. The van der Waals surface area contributed by atoms with Crippen molar-refractivity contribution in [2.75, 3.05) is 11.9 Å². The van der Waals surface area contributed by atoms with Gasteiger partial charge in [-0.15, -0.1) is 0 Å². The van der Waals surface area contributed by atoms with Crippen LogP contribution in [0.1, 0.15) is 12.8 Å². The molecule has 0 radical (unpaired) electrons. The number of carbonyl (C=O) groups is 1. The largest absolute Gasteiger partial charge is 0.358 e. The van der Waals surface area contributed by atoms with Gasteiger partial charge in [-0.2, -0.15) is 0 Å². The number of nitrogens with one attached hydrogen (secondary N) is 3. The summed E-state index contributed by atoms with van der Waals surface area (Å²) in [5.41, 5.74) is 0.541. The normalized spacial score (nSPS) is 14.2. The molecule has 1 aliphatic rings. The summed E-state index contributed by atoms with van der Waals surface area (Å²) in [6, 6.07) is 4.73. The summed E-state index contributed by atoms with van der Waals surface area (Å²) < 4.78 is 0. The summed E-state index contributed by atoms with van der Waals surface area (Å²) in [5.74, 6) is 0.592. The molecule has 3 N–H and O–H groups in total. The van der Waals surface area contributed by atoms with Crippen LogP contribution in [0, 0.1) is 5.92 Å². The fourth-order valence-corrected chi connectivity index (χ4v) is 2.26. The van der Waals surface area contributed by atoms with Crippen LogP contribution in [-0.4, -0.2) is 17.6 Å². The maximum absolute atomic E-state index is 12.2. The van der Waals surface area contributed by atoms with E-state index in [0.29, 0.717) is 28.4 Å². The number of pyridine rings is 1. The van der Waals surface area contributed by atoms with Crippen LogP contribution in [0.25, 0.3) is 10.9 Å². The zero-order valence-corrected chi connectivity index (χ0v) is 11.5. The van der Waals surface area contributed by atoms with Crippen LogP contribution in [-0.2, 0) is 0 Å². The van der Waals surface area contributed by atoms with Crippen molar-refractivity contribution in [1.82, 2.24) is 10.3 Å². The third kappa shape index (κ3) is 2.63. The zero-order chi connectivity index (χ0) is 14.1. The van der Waals surface area contributed by atoms with E-state index in [1.807, 2.05) is 0 Å². The third-order valence-corrected chi connectivity index (χ3v) is 3.68. The Kier molecular flexibility index (Phi) is 3.36. The smallest absolute Gasteiger partial charge is 0.319 e. The Morgan fingerprint density at radius 1 is 1.40 bits per heavy atom. The molecule has 0 bridgehead atoms. The van der Waals surface area contributed by atoms with Gasteiger partial charge in [0.25, 0.3) is 0 Å². The predicted octanol–water partition coefficient (Wildman–Crippen LogP) is 2.71. The number of H-pyrrole nitrogens is 1. The number of benzene rings is 1. The van der Waals surface area contributed by atoms with E-state index in [9.17, 15) is 9.59 Å². The molecule has 2 aromatic rings. The monoisotopic (exact) mass is 291 g/mol. The summed E-state index contributed by atoms with van der Waals surface area (Å²) in [6.07, 6.45) is 3.79. The lowest BCUT2D eigenvalue weighted by molar-refractivity contribution is 0.251. The molecular weight excluding hydrogens is 278 g/mol. The average molecular weight is 292 g/mol. The van der Waals surface area contributed by atoms with E-state index >= 15 is 0 Å². The van der Waals surface area contributed by atoms with E-state index in [-0.39, 0.29) is 17.1 Å². The quantitative estimate of drug-likeness (QED) is 0.813. The van der Waals surface area contributed by atoms with Crippen LogP contribution in [0.15, 0.2) is 29.2 Å². The van der Waals surface area contributed by atoms with E-state index in [4.69, 9.17) is 11.6 Å². The number of rotatable bonds is 3. The highest BCUT2D eigenvalue weighted by molar-refractivity contribution is 6.35. The van der Waals surface area contributed by atoms with Crippen molar-refractivity contribution in [1.29, 1.82) is 0 Å². The molecule has 0 aliphatic heterocycles.